The number of hydrogen-bond acceptors (Lipinski definition) is 4. The second kappa shape index (κ2) is 8.54. The standard InChI is InChI=1S/C21H25N3O2/c1-3-24(4-2)13-14-26-17-11-9-16(10-12-17)22-15-19-18-7-5-6-8-20(18)23-21(19)25/h5-12,15,22H,3-4,13-14H2,1-2H3,(H,23,25)/b19-15+. The highest BCUT2D eigenvalue weighted by atomic mass is 16.5. The number of hydrogen-bond donors (Lipinski definition) is 2. The van der Waals surface area contributed by atoms with Gasteiger partial charge in [-0.05, 0) is 43.4 Å². The number of ether oxygens (including phenoxy) is 1. The number of carbonyl (C=O) groups is 1. The number of nitrogens with zero attached hydrogens (tertiary/aromatic N) is 1. The third-order valence-electron chi connectivity index (χ3n) is 4.52. The van der Waals surface area contributed by atoms with Gasteiger partial charge in [0.2, 0.25) is 0 Å². The fourth-order valence-electron chi connectivity index (χ4n) is 2.92. The van der Waals surface area contributed by atoms with E-state index in [9.17, 15) is 4.79 Å². The van der Waals surface area contributed by atoms with E-state index in [2.05, 4.69) is 29.4 Å². The Labute approximate surface area is 154 Å². The Morgan fingerprint density at radius 3 is 2.54 bits per heavy atom. The molecule has 3 rings (SSSR count). The predicted octanol–water partition coefficient (Wildman–Crippen LogP) is 3.81. The second-order valence-electron chi connectivity index (χ2n) is 6.10. The molecule has 0 aliphatic carbocycles. The maximum Gasteiger partial charge on any atom is 0.257 e. The number of rotatable bonds is 8. The molecule has 0 atom stereocenters. The van der Waals surface area contributed by atoms with E-state index in [1.807, 2.05) is 48.5 Å². The maximum atomic E-state index is 12.1. The Morgan fingerprint density at radius 2 is 1.81 bits per heavy atom. The first-order valence-corrected chi connectivity index (χ1v) is 9.04. The van der Waals surface area contributed by atoms with Crippen LogP contribution in [0.1, 0.15) is 19.4 Å². The molecule has 0 unspecified atom stereocenters. The molecule has 0 saturated heterocycles. The summed E-state index contributed by atoms with van der Waals surface area (Å²) >= 11 is 0. The molecule has 5 heteroatoms. The summed E-state index contributed by atoms with van der Waals surface area (Å²) in [4.78, 5) is 14.4. The van der Waals surface area contributed by atoms with Crippen molar-refractivity contribution in [3.05, 3.63) is 60.3 Å². The minimum Gasteiger partial charge on any atom is -0.492 e. The molecule has 0 bridgehead atoms. The van der Waals surface area contributed by atoms with Crippen molar-refractivity contribution < 1.29 is 9.53 Å². The molecule has 0 fully saturated rings. The molecule has 136 valence electrons. The van der Waals surface area contributed by atoms with Crippen LogP contribution in [0.25, 0.3) is 5.57 Å². The number of likely N-dealkylation sites (N-methyl/N-ethyl adjacent to an activating group) is 1. The summed E-state index contributed by atoms with van der Waals surface area (Å²) in [6, 6.07) is 15.4. The summed E-state index contributed by atoms with van der Waals surface area (Å²) in [6.45, 7) is 7.98. The first kappa shape index (κ1) is 18.0. The zero-order valence-electron chi connectivity index (χ0n) is 15.3. The van der Waals surface area contributed by atoms with Gasteiger partial charge in [-0.3, -0.25) is 4.79 Å². The zero-order chi connectivity index (χ0) is 18.4. The monoisotopic (exact) mass is 351 g/mol. The van der Waals surface area contributed by atoms with Crippen molar-refractivity contribution in [2.75, 3.05) is 36.9 Å². The van der Waals surface area contributed by atoms with Crippen molar-refractivity contribution >= 4 is 22.9 Å². The van der Waals surface area contributed by atoms with Gasteiger partial charge in [0.25, 0.3) is 5.91 Å². The molecule has 2 aromatic carbocycles. The number of nitrogens with one attached hydrogen (secondary N) is 2. The smallest absolute Gasteiger partial charge is 0.257 e. The van der Waals surface area contributed by atoms with Gasteiger partial charge < -0.3 is 20.3 Å². The highest BCUT2D eigenvalue weighted by Crippen LogP contribution is 2.31. The number of para-hydroxylation sites is 1. The van der Waals surface area contributed by atoms with Crippen LogP contribution >= 0.6 is 0 Å². The van der Waals surface area contributed by atoms with Crippen LogP contribution in [0.4, 0.5) is 11.4 Å². The topological polar surface area (TPSA) is 53.6 Å². The third-order valence-corrected chi connectivity index (χ3v) is 4.52. The van der Waals surface area contributed by atoms with Gasteiger partial charge in [-0.25, -0.2) is 0 Å². The summed E-state index contributed by atoms with van der Waals surface area (Å²) in [5.74, 6) is 0.759. The summed E-state index contributed by atoms with van der Waals surface area (Å²) in [5, 5.41) is 6.05. The van der Waals surface area contributed by atoms with E-state index in [-0.39, 0.29) is 5.91 Å². The molecule has 1 heterocycles. The Kier molecular flexibility index (Phi) is 5.92. The summed E-state index contributed by atoms with van der Waals surface area (Å²) < 4.78 is 5.79. The van der Waals surface area contributed by atoms with Gasteiger partial charge in [0.05, 0.1) is 5.57 Å². The van der Waals surface area contributed by atoms with Crippen LogP contribution in [-0.2, 0) is 4.79 Å². The average molecular weight is 351 g/mol. The van der Waals surface area contributed by atoms with Crippen LogP contribution in [0.2, 0.25) is 0 Å². The van der Waals surface area contributed by atoms with Crippen molar-refractivity contribution in [3.63, 3.8) is 0 Å². The van der Waals surface area contributed by atoms with Gasteiger partial charge in [0.15, 0.2) is 0 Å². The minimum absolute atomic E-state index is 0.0879. The lowest BCUT2D eigenvalue weighted by Gasteiger charge is -2.18. The van der Waals surface area contributed by atoms with Crippen molar-refractivity contribution in [2.24, 2.45) is 0 Å². The molecule has 0 saturated carbocycles. The quantitative estimate of drug-likeness (QED) is 0.710. The predicted molar refractivity (Wildman–Crippen MR) is 106 cm³/mol. The van der Waals surface area contributed by atoms with E-state index in [1.54, 1.807) is 6.20 Å². The normalized spacial score (nSPS) is 14.4. The van der Waals surface area contributed by atoms with E-state index >= 15 is 0 Å². The molecule has 1 aliphatic heterocycles. The van der Waals surface area contributed by atoms with Crippen molar-refractivity contribution in [1.82, 2.24) is 4.90 Å². The Balaban J connectivity index is 1.57. The van der Waals surface area contributed by atoms with E-state index in [4.69, 9.17) is 4.74 Å². The fraction of sp³-hybridized carbons (Fsp3) is 0.286. The van der Waals surface area contributed by atoms with Crippen LogP contribution in [0, 0.1) is 0 Å². The number of benzene rings is 2. The van der Waals surface area contributed by atoms with Gasteiger partial charge in [-0.1, -0.05) is 32.0 Å². The number of anilines is 2. The molecular weight excluding hydrogens is 326 g/mol. The van der Waals surface area contributed by atoms with Gasteiger partial charge >= 0.3 is 0 Å². The zero-order valence-corrected chi connectivity index (χ0v) is 15.3. The SMILES string of the molecule is CCN(CC)CCOc1ccc(N/C=C2/C(=O)Nc3ccccc32)cc1. The van der Waals surface area contributed by atoms with E-state index < -0.39 is 0 Å². The van der Waals surface area contributed by atoms with Crippen LogP contribution in [0.15, 0.2) is 54.7 Å². The maximum absolute atomic E-state index is 12.1. The Bertz CT molecular complexity index is 780. The van der Waals surface area contributed by atoms with E-state index in [1.165, 1.54) is 0 Å². The third kappa shape index (κ3) is 4.24. The van der Waals surface area contributed by atoms with E-state index in [0.717, 1.165) is 42.3 Å². The van der Waals surface area contributed by atoms with Crippen LogP contribution in [0.3, 0.4) is 0 Å². The largest absolute Gasteiger partial charge is 0.492 e. The highest BCUT2D eigenvalue weighted by molar-refractivity contribution is 6.31. The van der Waals surface area contributed by atoms with Crippen molar-refractivity contribution in [3.8, 4) is 5.75 Å². The lowest BCUT2D eigenvalue weighted by atomic mass is 10.1. The average Bonchev–Trinajstić information content (AvgIpc) is 2.99. The van der Waals surface area contributed by atoms with Gasteiger partial charge in [-0.2, -0.15) is 0 Å². The Hall–Kier alpha value is -2.79. The first-order chi connectivity index (χ1) is 12.7. The molecule has 2 aromatic rings. The highest BCUT2D eigenvalue weighted by Gasteiger charge is 2.23. The lowest BCUT2D eigenvalue weighted by Crippen LogP contribution is -2.27. The van der Waals surface area contributed by atoms with Crippen LogP contribution in [-0.4, -0.2) is 37.0 Å². The fourth-order valence-corrected chi connectivity index (χ4v) is 2.92. The van der Waals surface area contributed by atoms with Crippen molar-refractivity contribution in [1.29, 1.82) is 0 Å². The summed E-state index contributed by atoms with van der Waals surface area (Å²) in [7, 11) is 0. The minimum atomic E-state index is -0.0879. The molecule has 5 nitrogen and oxygen atoms in total. The van der Waals surface area contributed by atoms with Gasteiger partial charge in [-0.15, -0.1) is 0 Å². The number of carbonyl (C=O) groups excluding carboxylic acids is 1. The molecule has 0 spiro atoms. The molecule has 1 aliphatic rings. The molecule has 2 N–H and O–H groups in total. The molecule has 26 heavy (non-hydrogen) atoms. The second-order valence-corrected chi connectivity index (χ2v) is 6.10. The van der Waals surface area contributed by atoms with Gasteiger partial charge in [0.1, 0.15) is 12.4 Å². The first-order valence-electron chi connectivity index (χ1n) is 9.04. The molecule has 0 radical (unpaired) electrons. The molecular formula is C21H25N3O2. The van der Waals surface area contributed by atoms with Crippen LogP contribution in [0.5, 0.6) is 5.75 Å². The molecule has 0 aromatic heterocycles. The lowest BCUT2D eigenvalue weighted by molar-refractivity contribution is -0.110. The van der Waals surface area contributed by atoms with Crippen LogP contribution < -0.4 is 15.4 Å². The Morgan fingerprint density at radius 1 is 1.08 bits per heavy atom. The summed E-state index contributed by atoms with van der Waals surface area (Å²) in [5.41, 5.74) is 3.31. The van der Waals surface area contributed by atoms with E-state index in [0.29, 0.717) is 12.2 Å². The molecule has 1 amide bonds. The number of amides is 1. The number of fused-ring (bicyclic) bond motifs is 1. The van der Waals surface area contributed by atoms with Gasteiger partial charge in [0, 0.05) is 29.7 Å². The van der Waals surface area contributed by atoms with Crippen molar-refractivity contribution in [2.45, 2.75) is 13.8 Å². The summed E-state index contributed by atoms with van der Waals surface area (Å²) in [6.07, 6.45) is 1.75.